The predicted molar refractivity (Wildman–Crippen MR) is 86.9 cm³/mol. The van der Waals surface area contributed by atoms with E-state index >= 15 is 0 Å². The molecule has 1 aromatic rings. The number of hydrogen-bond acceptors (Lipinski definition) is 5. The van der Waals surface area contributed by atoms with Crippen molar-refractivity contribution in [2.45, 2.75) is 12.8 Å². The summed E-state index contributed by atoms with van der Waals surface area (Å²) in [5, 5.41) is 14.0. The average Bonchev–Trinajstić information content (AvgIpc) is 2.53. The summed E-state index contributed by atoms with van der Waals surface area (Å²) in [6, 6.07) is 9.26. The van der Waals surface area contributed by atoms with Gasteiger partial charge in [0, 0.05) is 19.6 Å². The Hall–Kier alpha value is -1.66. The van der Waals surface area contributed by atoms with Gasteiger partial charge in [0.1, 0.15) is 18.4 Å². The lowest BCUT2D eigenvalue weighted by atomic mass is 9.98. The van der Waals surface area contributed by atoms with Gasteiger partial charge >= 0.3 is 0 Å². The molecule has 1 heterocycles. The fraction of sp³-hybridized carbons (Fsp3) is 0.533. The summed E-state index contributed by atoms with van der Waals surface area (Å²) in [4.78, 5) is 2.24. The molecule has 7 nitrogen and oxygen atoms in total. The molecule has 0 unspecified atom stereocenters. The van der Waals surface area contributed by atoms with Gasteiger partial charge in [0.15, 0.2) is 0 Å². The van der Waals surface area contributed by atoms with Gasteiger partial charge in [-0.15, -0.1) is 0 Å². The molecule has 0 radical (unpaired) electrons. The number of para-hydroxylation sites is 1. The van der Waals surface area contributed by atoms with E-state index in [1.54, 1.807) is 18.2 Å². The van der Waals surface area contributed by atoms with Crippen molar-refractivity contribution < 1.29 is 13.2 Å². The average molecular weight is 338 g/mol. The number of nitriles is 1. The van der Waals surface area contributed by atoms with Gasteiger partial charge < -0.3 is 4.74 Å². The van der Waals surface area contributed by atoms with Crippen LogP contribution in [-0.4, -0.2) is 46.1 Å². The topological polar surface area (TPSA) is 108 Å². The van der Waals surface area contributed by atoms with Crippen LogP contribution in [0.25, 0.3) is 0 Å². The zero-order valence-corrected chi connectivity index (χ0v) is 13.8. The largest absolute Gasteiger partial charge is 0.491 e. The number of ether oxygens (including phenoxy) is 1. The normalized spacial score (nSPS) is 19.2. The van der Waals surface area contributed by atoms with Crippen molar-refractivity contribution in [1.29, 1.82) is 5.26 Å². The Kier molecular flexibility index (Phi) is 6.36. The van der Waals surface area contributed by atoms with Crippen LogP contribution < -0.4 is 14.6 Å². The van der Waals surface area contributed by atoms with E-state index in [1.807, 2.05) is 6.07 Å². The molecule has 3 N–H and O–H groups in total. The molecular weight excluding hydrogens is 316 g/mol. The monoisotopic (exact) mass is 338 g/mol. The molecule has 0 aromatic heterocycles. The molecule has 126 valence electrons. The number of nitrogens with two attached hydrogens (primary N) is 1. The number of hydrogen-bond donors (Lipinski definition) is 2. The second-order valence-corrected chi connectivity index (χ2v) is 7.04. The molecule has 0 amide bonds. The van der Waals surface area contributed by atoms with Crippen LogP contribution >= 0.6 is 0 Å². The minimum atomic E-state index is -3.63. The maximum absolute atomic E-state index is 11.0. The molecule has 8 heteroatoms. The highest BCUT2D eigenvalue weighted by molar-refractivity contribution is 7.87. The first-order valence-corrected chi connectivity index (χ1v) is 9.14. The Labute approximate surface area is 137 Å². The van der Waals surface area contributed by atoms with Gasteiger partial charge in [0.2, 0.25) is 0 Å². The third-order valence-electron chi connectivity index (χ3n) is 3.85. The molecule has 0 aliphatic carbocycles. The van der Waals surface area contributed by atoms with Crippen LogP contribution in [0, 0.1) is 17.2 Å². The minimum Gasteiger partial charge on any atom is -0.491 e. The van der Waals surface area contributed by atoms with Crippen molar-refractivity contribution in [3.05, 3.63) is 29.8 Å². The van der Waals surface area contributed by atoms with E-state index in [0.717, 1.165) is 32.5 Å². The predicted octanol–water partition coefficient (Wildman–Crippen LogP) is 0.442. The highest BCUT2D eigenvalue weighted by atomic mass is 32.2. The molecule has 1 aliphatic rings. The number of benzene rings is 1. The molecule has 0 bridgehead atoms. The lowest BCUT2D eigenvalue weighted by Gasteiger charge is -2.32. The zero-order chi connectivity index (χ0) is 16.7. The van der Waals surface area contributed by atoms with Gasteiger partial charge in [-0.3, -0.25) is 4.90 Å². The number of piperidine rings is 1. The van der Waals surface area contributed by atoms with E-state index in [1.165, 1.54) is 0 Å². The van der Waals surface area contributed by atoms with E-state index < -0.39 is 10.2 Å². The molecule has 0 spiro atoms. The Bertz CT molecular complexity index is 657. The molecule has 1 aromatic carbocycles. The lowest BCUT2D eigenvalue weighted by Crippen LogP contribution is -2.43. The van der Waals surface area contributed by atoms with Crippen molar-refractivity contribution in [1.82, 2.24) is 9.62 Å². The van der Waals surface area contributed by atoms with Crippen molar-refractivity contribution in [2.75, 3.05) is 32.8 Å². The third-order valence-corrected chi connectivity index (χ3v) is 4.42. The van der Waals surface area contributed by atoms with Crippen LogP contribution in [0.4, 0.5) is 0 Å². The fourth-order valence-electron chi connectivity index (χ4n) is 2.72. The second-order valence-electron chi connectivity index (χ2n) is 5.66. The van der Waals surface area contributed by atoms with Crippen molar-refractivity contribution in [3.63, 3.8) is 0 Å². The van der Waals surface area contributed by atoms with Crippen LogP contribution in [0.5, 0.6) is 5.75 Å². The summed E-state index contributed by atoms with van der Waals surface area (Å²) >= 11 is 0. The second kappa shape index (κ2) is 8.26. The van der Waals surface area contributed by atoms with Gasteiger partial charge in [-0.25, -0.2) is 9.86 Å². The van der Waals surface area contributed by atoms with E-state index in [2.05, 4.69) is 15.7 Å². The molecular formula is C15H22N4O3S. The van der Waals surface area contributed by atoms with E-state index in [4.69, 9.17) is 15.1 Å². The SMILES string of the molecule is N#Cc1ccccc1OCCN1CCC[C@@H](CNS(N)(=O)=O)C1. The first-order chi connectivity index (χ1) is 11.0. The van der Waals surface area contributed by atoms with Gasteiger partial charge in [-0.2, -0.15) is 13.7 Å². The first-order valence-electron chi connectivity index (χ1n) is 7.59. The van der Waals surface area contributed by atoms with Gasteiger partial charge in [-0.1, -0.05) is 12.1 Å². The third kappa shape index (κ3) is 6.15. The highest BCUT2D eigenvalue weighted by Crippen LogP contribution is 2.18. The maximum Gasteiger partial charge on any atom is 0.274 e. The van der Waals surface area contributed by atoms with Crippen LogP contribution in [-0.2, 0) is 10.2 Å². The first kappa shape index (κ1) is 17.7. The van der Waals surface area contributed by atoms with Crippen molar-refractivity contribution >= 4 is 10.2 Å². The number of likely N-dealkylation sites (tertiary alicyclic amines) is 1. The Morgan fingerprint density at radius 3 is 2.96 bits per heavy atom. The van der Waals surface area contributed by atoms with Gasteiger partial charge in [-0.05, 0) is 37.4 Å². The summed E-state index contributed by atoms with van der Waals surface area (Å²) in [6.07, 6.45) is 2.00. The number of nitrogens with zero attached hydrogens (tertiary/aromatic N) is 2. The van der Waals surface area contributed by atoms with Crippen molar-refractivity contribution in [2.24, 2.45) is 11.1 Å². The van der Waals surface area contributed by atoms with Crippen LogP contribution in [0.1, 0.15) is 18.4 Å². The summed E-state index contributed by atoms with van der Waals surface area (Å²) in [7, 11) is -3.63. The Morgan fingerprint density at radius 2 is 2.22 bits per heavy atom. The Balaban J connectivity index is 1.76. The fourth-order valence-corrected chi connectivity index (χ4v) is 3.19. The van der Waals surface area contributed by atoms with Crippen molar-refractivity contribution in [3.8, 4) is 11.8 Å². The highest BCUT2D eigenvalue weighted by Gasteiger charge is 2.20. The summed E-state index contributed by atoms with van der Waals surface area (Å²) in [6.45, 7) is 3.38. The summed E-state index contributed by atoms with van der Waals surface area (Å²) < 4.78 is 30.0. The lowest BCUT2D eigenvalue weighted by molar-refractivity contribution is 0.148. The number of nitrogens with one attached hydrogen (secondary N) is 1. The van der Waals surface area contributed by atoms with Crippen LogP contribution in [0.15, 0.2) is 24.3 Å². The van der Waals surface area contributed by atoms with E-state index in [0.29, 0.717) is 24.5 Å². The summed E-state index contributed by atoms with van der Waals surface area (Å²) in [5.41, 5.74) is 0.529. The van der Waals surface area contributed by atoms with E-state index in [9.17, 15) is 8.42 Å². The zero-order valence-electron chi connectivity index (χ0n) is 12.9. The van der Waals surface area contributed by atoms with E-state index in [-0.39, 0.29) is 5.92 Å². The van der Waals surface area contributed by atoms with Gasteiger partial charge in [0.05, 0.1) is 5.56 Å². The van der Waals surface area contributed by atoms with Crippen LogP contribution in [0.2, 0.25) is 0 Å². The molecule has 1 atom stereocenters. The Morgan fingerprint density at radius 1 is 1.43 bits per heavy atom. The maximum atomic E-state index is 11.0. The molecule has 23 heavy (non-hydrogen) atoms. The molecule has 1 fully saturated rings. The number of rotatable bonds is 7. The quantitative estimate of drug-likeness (QED) is 0.750. The molecule has 0 saturated carbocycles. The van der Waals surface area contributed by atoms with Crippen LogP contribution in [0.3, 0.4) is 0 Å². The molecule has 2 rings (SSSR count). The minimum absolute atomic E-state index is 0.258. The molecule has 1 saturated heterocycles. The summed E-state index contributed by atoms with van der Waals surface area (Å²) in [5.74, 6) is 0.855. The molecule has 1 aliphatic heterocycles. The smallest absolute Gasteiger partial charge is 0.274 e. The van der Waals surface area contributed by atoms with Gasteiger partial charge in [0.25, 0.3) is 10.2 Å². The standard InChI is InChI=1S/C15H22N4O3S/c16-10-14-5-1-2-6-15(14)22-9-8-19-7-3-4-13(12-19)11-18-23(17,20)21/h1-2,5-6,13,18H,3-4,7-9,11-12H2,(H2,17,20,21)/t13-/m0/s1.